The zero-order chi connectivity index (χ0) is 11.3. The number of ketones is 1. The molecule has 0 atom stereocenters. The van der Waals surface area contributed by atoms with Crippen LogP contribution < -0.4 is 0 Å². The molecule has 0 saturated carbocycles. The van der Waals surface area contributed by atoms with Crippen molar-refractivity contribution < 1.29 is 14.6 Å². The third-order valence-electron chi connectivity index (χ3n) is 1.98. The lowest BCUT2D eigenvalue weighted by molar-refractivity contribution is -0.112. The highest BCUT2D eigenvalue weighted by molar-refractivity contribution is 5.87. The van der Waals surface area contributed by atoms with Gasteiger partial charge in [-0.15, -0.1) is 0 Å². The van der Waals surface area contributed by atoms with Gasteiger partial charge in [0.1, 0.15) is 0 Å². The third kappa shape index (κ3) is 3.46. The van der Waals surface area contributed by atoms with Crippen LogP contribution in [0.4, 0.5) is 0 Å². The lowest BCUT2D eigenvalue weighted by Gasteiger charge is -2.01. The Morgan fingerprint density at radius 3 is 2.87 bits per heavy atom. The van der Waals surface area contributed by atoms with Gasteiger partial charge in [-0.05, 0) is 37.1 Å². The average molecular weight is 206 g/mol. The zero-order valence-electron chi connectivity index (χ0n) is 8.86. The molecule has 1 N–H and O–H groups in total. The minimum Gasteiger partial charge on any atom is -0.504 e. The molecule has 80 valence electrons. The number of hydrogen-bond acceptors (Lipinski definition) is 3. The molecule has 0 heterocycles. The van der Waals surface area contributed by atoms with Crippen LogP contribution in [0.15, 0.2) is 47.5 Å². The zero-order valence-corrected chi connectivity index (χ0v) is 8.86. The number of ether oxygens (including phenoxy) is 1. The van der Waals surface area contributed by atoms with E-state index in [1.54, 1.807) is 18.2 Å². The monoisotopic (exact) mass is 206 g/mol. The van der Waals surface area contributed by atoms with Gasteiger partial charge < -0.3 is 9.84 Å². The van der Waals surface area contributed by atoms with Crippen molar-refractivity contribution >= 4 is 5.78 Å². The molecular weight excluding hydrogens is 192 g/mol. The van der Waals surface area contributed by atoms with Crippen LogP contribution in [0.3, 0.4) is 0 Å². The van der Waals surface area contributed by atoms with Crippen LogP contribution >= 0.6 is 0 Å². The van der Waals surface area contributed by atoms with Crippen LogP contribution in [0.1, 0.15) is 13.3 Å². The van der Waals surface area contributed by atoms with Gasteiger partial charge in [0.25, 0.3) is 0 Å². The molecule has 15 heavy (non-hydrogen) atoms. The Morgan fingerprint density at radius 1 is 1.53 bits per heavy atom. The van der Waals surface area contributed by atoms with Crippen molar-refractivity contribution in [3.63, 3.8) is 0 Å². The van der Waals surface area contributed by atoms with Gasteiger partial charge in [-0.25, -0.2) is 0 Å². The van der Waals surface area contributed by atoms with Crippen molar-refractivity contribution in [2.24, 2.45) is 0 Å². The highest BCUT2D eigenvalue weighted by Crippen LogP contribution is 2.17. The van der Waals surface area contributed by atoms with Gasteiger partial charge in [0.2, 0.25) is 0 Å². The molecule has 0 aromatic carbocycles. The van der Waals surface area contributed by atoms with Gasteiger partial charge >= 0.3 is 0 Å². The Bertz CT molecular complexity index is 370. The summed E-state index contributed by atoms with van der Waals surface area (Å²) < 4.78 is 4.96. The lowest BCUT2D eigenvalue weighted by atomic mass is 10.1. The number of allylic oxidation sites excluding steroid dienone is 6. The van der Waals surface area contributed by atoms with Crippen LogP contribution in [-0.2, 0) is 9.53 Å². The first kappa shape index (κ1) is 11.3. The Hall–Kier alpha value is -1.77. The van der Waals surface area contributed by atoms with E-state index in [1.165, 1.54) is 20.1 Å². The first-order valence-electron chi connectivity index (χ1n) is 4.66. The Kier molecular flexibility index (Phi) is 3.92. The van der Waals surface area contributed by atoms with Crippen LogP contribution in [0, 0.1) is 0 Å². The molecule has 0 fully saturated rings. The summed E-state index contributed by atoms with van der Waals surface area (Å²) >= 11 is 0. The summed E-state index contributed by atoms with van der Waals surface area (Å²) in [5.41, 5.74) is 0.948. The van der Waals surface area contributed by atoms with E-state index in [1.807, 2.05) is 6.08 Å². The molecule has 3 nitrogen and oxygen atoms in total. The van der Waals surface area contributed by atoms with Crippen molar-refractivity contribution in [1.82, 2.24) is 0 Å². The fraction of sp³-hybridized carbons (Fsp3) is 0.250. The summed E-state index contributed by atoms with van der Waals surface area (Å²) in [7, 11) is 1.50. The number of carbonyl (C=O) groups excluding carboxylic acids is 1. The number of rotatable bonds is 3. The summed E-state index contributed by atoms with van der Waals surface area (Å²) in [5.74, 6) is 0.561. The van der Waals surface area contributed by atoms with E-state index in [0.717, 1.165) is 5.57 Å². The van der Waals surface area contributed by atoms with E-state index >= 15 is 0 Å². The second kappa shape index (κ2) is 5.20. The molecule has 0 saturated heterocycles. The summed E-state index contributed by atoms with van der Waals surface area (Å²) in [5, 5.41) is 9.49. The maximum Gasteiger partial charge on any atom is 0.160 e. The maximum atomic E-state index is 10.7. The fourth-order valence-corrected chi connectivity index (χ4v) is 1.17. The summed E-state index contributed by atoms with van der Waals surface area (Å²) in [4.78, 5) is 10.7. The van der Waals surface area contributed by atoms with Crippen molar-refractivity contribution in [2.75, 3.05) is 7.11 Å². The number of carbonyl (C=O) groups is 1. The highest BCUT2D eigenvalue weighted by Gasteiger charge is 2.05. The molecule has 3 heteroatoms. The molecule has 0 aromatic rings. The molecular formula is C12H14O3. The minimum atomic E-state index is 0.00398. The maximum absolute atomic E-state index is 10.7. The lowest BCUT2D eigenvalue weighted by Crippen LogP contribution is -1.89. The molecule has 0 spiro atoms. The molecule has 0 unspecified atom stereocenters. The Morgan fingerprint density at radius 2 is 2.27 bits per heavy atom. The van der Waals surface area contributed by atoms with E-state index in [-0.39, 0.29) is 11.5 Å². The van der Waals surface area contributed by atoms with Crippen molar-refractivity contribution in [1.29, 1.82) is 0 Å². The van der Waals surface area contributed by atoms with Crippen molar-refractivity contribution in [3.05, 3.63) is 47.5 Å². The van der Waals surface area contributed by atoms with Gasteiger partial charge in [-0.3, -0.25) is 4.79 Å². The predicted octanol–water partition coefficient (Wildman–Crippen LogP) is 2.43. The largest absolute Gasteiger partial charge is 0.504 e. The van der Waals surface area contributed by atoms with Crippen molar-refractivity contribution in [3.8, 4) is 0 Å². The van der Waals surface area contributed by atoms with Crippen LogP contribution in [0.5, 0.6) is 0 Å². The predicted molar refractivity (Wildman–Crippen MR) is 58.3 cm³/mol. The molecule has 1 aliphatic rings. The second-order valence-corrected chi connectivity index (χ2v) is 3.21. The third-order valence-corrected chi connectivity index (χ3v) is 1.98. The molecule has 1 aliphatic carbocycles. The highest BCUT2D eigenvalue weighted by atomic mass is 16.5. The van der Waals surface area contributed by atoms with Gasteiger partial charge in [0.15, 0.2) is 17.3 Å². The van der Waals surface area contributed by atoms with Gasteiger partial charge in [0.05, 0.1) is 7.11 Å². The fourth-order valence-electron chi connectivity index (χ4n) is 1.17. The summed E-state index contributed by atoms with van der Waals surface area (Å²) in [6.07, 6.45) is 8.97. The number of aliphatic hydroxyl groups is 1. The summed E-state index contributed by atoms with van der Waals surface area (Å²) in [6.45, 7) is 1.50. The standard InChI is InChI=1S/C12H14O3/c1-9(13)3-4-10-5-7-11(14)12(15-2)8-6-10/h3-4,6-8,14H,5H2,1-2H3/b4-3+. The van der Waals surface area contributed by atoms with E-state index in [0.29, 0.717) is 12.2 Å². The number of aliphatic hydroxyl groups excluding tert-OH is 1. The molecule has 0 amide bonds. The molecule has 0 aliphatic heterocycles. The van der Waals surface area contributed by atoms with Crippen LogP contribution in [0.2, 0.25) is 0 Å². The van der Waals surface area contributed by atoms with E-state index in [4.69, 9.17) is 4.74 Å². The average Bonchev–Trinajstić information content (AvgIpc) is 2.37. The normalized spacial score (nSPS) is 16.5. The van der Waals surface area contributed by atoms with E-state index < -0.39 is 0 Å². The first-order chi connectivity index (χ1) is 7.13. The van der Waals surface area contributed by atoms with Gasteiger partial charge in [0, 0.05) is 0 Å². The number of hydrogen-bond donors (Lipinski definition) is 1. The SMILES string of the molecule is COC1=CC=C(/C=C/C(C)=O)CC=C1O. The minimum absolute atomic E-state index is 0.00398. The summed E-state index contributed by atoms with van der Waals surface area (Å²) in [6, 6.07) is 0. The number of methoxy groups -OCH3 is 1. The van der Waals surface area contributed by atoms with E-state index in [9.17, 15) is 9.90 Å². The Balaban J connectivity index is 2.84. The first-order valence-corrected chi connectivity index (χ1v) is 4.66. The van der Waals surface area contributed by atoms with Crippen molar-refractivity contribution in [2.45, 2.75) is 13.3 Å². The van der Waals surface area contributed by atoms with Gasteiger partial charge in [-0.2, -0.15) is 0 Å². The van der Waals surface area contributed by atoms with Crippen LogP contribution in [0.25, 0.3) is 0 Å². The molecule has 0 aromatic heterocycles. The second-order valence-electron chi connectivity index (χ2n) is 3.21. The molecule has 0 bridgehead atoms. The quantitative estimate of drug-likeness (QED) is 0.721. The molecule has 1 rings (SSSR count). The molecule has 0 radical (unpaired) electrons. The Labute approximate surface area is 89.1 Å². The van der Waals surface area contributed by atoms with Gasteiger partial charge in [-0.1, -0.05) is 12.2 Å². The van der Waals surface area contributed by atoms with Crippen LogP contribution in [-0.4, -0.2) is 18.0 Å². The van der Waals surface area contributed by atoms with E-state index in [2.05, 4.69) is 0 Å². The smallest absolute Gasteiger partial charge is 0.160 e. The topological polar surface area (TPSA) is 46.5 Å².